The Morgan fingerprint density at radius 1 is 1.14 bits per heavy atom. The van der Waals surface area contributed by atoms with Crippen LogP contribution in [0.25, 0.3) is 0 Å². The molecular formula is C12H28N2. The molecule has 0 aromatic heterocycles. The van der Waals surface area contributed by atoms with E-state index in [9.17, 15) is 0 Å². The second-order valence-corrected chi connectivity index (χ2v) is 4.18. The van der Waals surface area contributed by atoms with Crippen LogP contribution in [-0.2, 0) is 0 Å². The maximum absolute atomic E-state index is 2.61. The second-order valence-electron chi connectivity index (χ2n) is 4.18. The third kappa shape index (κ3) is 5.61. The average molecular weight is 200 g/mol. The van der Waals surface area contributed by atoms with Crippen LogP contribution < -0.4 is 0 Å². The predicted molar refractivity (Wildman–Crippen MR) is 64.8 cm³/mol. The zero-order valence-corrected chi connectivity index (χ0v) is 10.7. The van der Waals surface area contributed by atoms with E-state index in [0.717, 1.165) is 6.04 Å². The zero-order valence-electron chi connectivity index (χ0n) is 10.7. The van der Waals surface area contributed by atoms with E-state index in [1.807, 2.05) is 13.8 Å². The summed E-state index contributed by atoms with van der Waals surface area (Å²) < 4.78 is 0. The summed E-state index contributed by atoms with van der Waals surface area (Å²) in [6.07, 6.45) is 4.13. The highest BCUT2D eigenvalue weighted by molar-refractivity contribution is 4.73. The van der Waals surface area contributed by atoms with Crippen molar-refractivity contribution < 1.29 is 0 Å². The molecule has 1 unspecified atom stereocenters. The predicted octanol–water partition coefficient (Wildman–Crippen LogP) is 2.45. The molecule has 0 saturated carbocycles. The van der Waals surface area contributed by atoms with Crippen LogP contribution in [-0.4, -0.2) is 49.6 Å². The first-order valence-corrected chi connectivity index (χ1v) is 6.09. The molecule has 1 aliphatic heterocycles. The third-order valence-electron chi connectivity index (χ3n) is 2.76. The molecule has 2 heteroatoms. The van der Waals surface area contributed by atoms with Gasteiger partial charge < -0.3 is 9.80 Å². The highest BCUT2D eigenvalue weighted by Crippen LogP contribution is 2.13. The Morgan fingerprint density at radius 2 is 1.64 bits per heavy atom. The van der Waals surface area contributed by atoms with Gasteiger partial charge in [-0.05, 0) is 59.9 Å². The van der Waals surface area contributed by atoms with E-state index < -0.39 is 0 Å². The zero-order chi connectivity index (χ0) is 11.0. The molecule has 0 N–H and O–H groups in total. The molecule has 1 heterocycles. The minimum atomic E-state index is 0.787. The molecule has 0 aromatic carbocycles. The Morgan fingerprint density at radius 3 is 2.07 bits per heavy atom. The Bertz CT molecular complexity index is 117. The molecule has 1 saturated heterocycles. The molecule has 1 aliphatic rings. The number of nitrogens with zero attached hydrogens (tertiary/aromatic N) is 2. The molecule has 1 rings (SSSR count). The molecule has 0 radical (unpaired) electrons. The lowest BCUT2D eigenvalue weighted by Crippen LogP contribution is -2.32. The summed E-state index contributed by atoms with van der Waals surface area (Å²) in [5.41, 5.74) is 0. The normalized spacial score (nSPS) is 19.3. The summed E-state index contributed by atoms with van der Waals surface area (Å²) in [4.78, 5) is 4.88. The summed E-state index contributed by atoms with van der Waals surface area (Å²) in [5.74, 6) is 0. The third-order valence-corrected chi connectivity index (χ3v) is 2.76. The maximum atomic E-state index is 2.61. The van der Waals surface area contributed by atoms with Crippen molar-refractivity contribution in [1.29, 1.82) is 0 Å². The van der Waals surface area contributed by atoms with Crippen molar-refractivity contribution in [3.05, 3.63) is 0 Å². The fourth-order valence-corrected chi connectivity index (χ4v) is 1.81. The van der Waals surface area contributed by atoms with E-state index in [1.165, 1.54) is 38.9 Å². The van der Waals surface area contributed by atoms with Gasteiger partial charge in [-0.15, -0.1) is 0 Å². The van der Waals surface area contributed by atoms with Crippen LogP contribution in [0.15, 0.2) is 0 Å². The summed E-state index contributed by atoms with van der Waals surface area (Å²) >= 11 is 0. The summed E-state index contributed by atoms with van der Waals surface area (Å²) in [6.45, 7) is 10.2. The first kappa shape index (κ1) is 13.9. The summed E-state index contributed by atoms with van der Waals surface area (Å²) in [6, 6.07) is 0.787. The number of hydrogen-bond donors (Lipinski definition) is 0. The van der Waals surface area contributed by atoms with E-state index in [4.69, 9.17) is 0 Å². The Hall–Kier alpha value is -0.0800. The van der Waals surface area contributed by atoms with Crippen LogP contribution in [0.3, 0.4) is 0 Å². The van der Waals surface area contributed by atoms with Crippen LogP contribution >= 0.6 is 0 Å². The average Bonchev–Trinajstić information content (AvgIpc) is 2.70. The number of likely N-dealkylation sites (tertiary alicyclic amines) is 1. The second kappa shape index (κ2) is 8.25. The van der Waals surface area contributed by atoms with E-state index in [1.54, 1.807) is 0 Å². The molecular weight excluding hydrogens is 172 g/mol. The van der Waals surface area contributed by atoms with Crippen molar-refractivity contribution >= 4 is 0 Å². The molecule has 2 nitrogen and oxygen atoms in total. The van der Waals surface area contributed by atoms with Crippen molar-refractivity contribution in [2.75, 3.05) is 33.7 Å². The van der Waals surface area contributed by atoms with Crippen molar-refractivity contribution in [2.45, 2.75) is 46.1 Å². The van der Waals surface area contributed by atoms with Crippen LogP contribution in [0.2, 0.25) is 0 Å². The van der Waals surface area contributed by atoms with Crippen molar-refractivity contribution in [3.63, 3.8) is 0 Å². The van der Waals surface area contributed by atoms with Gasteiger partial charge in [-0.3, -0.25) is 0 Å². The topological polar surface area (TPSA) is 6.48 Å². The SMILES string of the molecule is CC.CC(CCN(C)C)N1CCCC1. The number of rotatable bonds is 4. The van der Waals surface area contributed by atoms with Crippen LogP contribution in [0.5, 0.6) is 0 Å². The quantitative estimate of drug-likeness (QED) is 0.688. The minimum Gasteiger partial charge on any atom is -0.309 e. The molecule has 0 aromatic rings. The molecule has 14 heavy (non-hydrogen) atoms. The Labute approximate surface area is 90.3 Å². The van der Waals surface area contributed by atoms with Gasteiger partial charge in [-0.1, -0.05) is 13.8 Å². The van der Waals surface area contributed by atoms with Crippen LogP contribution in [0.1, 0.15) is 40.0 Å². The van der Waals surface area contributed by atoms with Gasteiger partial charge in [0.15, 0.2) is 0 Å². The lowest BCUT2D eigenvalue weighted by atomic mass is 10.2. The largest absolute Gasteiger partial charge is 0.309 e. The summed E-state index contributed by atoms with van der Waals surface area (Å²) in [7, 11) is 4.30. The maximum Gasteiger partial charge on any atom is 0.00790 e. The van der Waals surface area contributed by atoms with E-state index in [-0.39, 0.29) is 0 Å². The Balaban J connectivity index is 0.000000791. The first-order valence-electron chi connectivity index (χ1n) is 6.09. The van der Waals surface area contributed by atoms with Gasteiger partial charge in [-0.2, -0.15) is 0 Å². The standard InChI is InChI=1S/C10H22N2.C2H6/c1-10(6-9-11(2)3)12-7-4-5-8-12;1-2/h10H,4-9H2,1-3H3;1-2H3. The smallest absolute Gasteiger partial charge is 0.00790 e. The summed E-state index contributed by atoms with van der Waals surface area (Å²) in [5, 5.41) is 0. The van der Waals surface area contributed by atoms with E-state index in [0.29, 0.717) is 0 Å². The van der Waals surface area contributed by atoms with Gasteiger partial charge in [-0.25, -0.2) is 0 Å². The van der Waals surface area contributed by atoms with Crippen LogP contribution in [0, 0.1) is 0 Å². The van der Waals surface area contributed by atoms with Crippen molar-refractivity contribution in [3.8, 4) is 0 Å². The van der Waals surface area contributed by atoms with Crippen LogP contribution in [0.4, 0.5) is 0 Å². The number of hydrogen-bond acceptors (Lipinski definition) is 2. The molecule has 1 fully saturated rings. The Kier molecular flexibility index (Phi) is 8.20. The van der Waals surface area contributed by atoms with Gasteiger partial charge in [0.1, 0.15) is 0 Å². The van der Waals surface area contributed by atoms with Gasteiger partial charge in [0, 0.05) is 6.04 Å². The fourth-order valence-electron chi connectivity index (χ4n) is 1.81. The molecule has 0 aliphatic carbocycles. The monoisotopic (exact) mass is 200 g/mol. The van der Waals surface area contributed by atoms with Gasteiger partial charge in [0.05, 0.1) is 0 Å². The molecule has 86 valence electrons. The van der Waals surface area contributed by atoms with E-state index >= 15 is 0 Å². The lowest BCUT2D eigenvalue weighted by molar-refractivity contribution is 0.228. The van der Waals surface area contributed by atoms with Crippen molar-refractivity contribution in [2.24, 2.45) is 0 Å². The first-order chi connectivity index (χ1) is 6.70. The molecule has 0 amide bonds. The lowest BCUT2D eigenvalue weighted by Gasteiger charge is -2.24. The minimum absolute atomic E-state index is 0.787. The van der Waals surface area contributed by atoms with Crippen molar-refractivity contribution in [1.82, 2.24) is 9.80 Å². The molecule has 0 bridgehead atoms. The highest BCUT2D eigenvalue weighted by atomic mass is 15.2. The molecule has 1 atom stereocenters. The van der Waals surface area contributed by atoms with Gasteiger partial charge in [0.2, 0.25) is 0 Å². The van der Waals surface area contributed by atoms with Gasteiger partial charge in [0.25, 0.3) is 0 Å². The molecule has 0 spiro atoms. The highest BCUT2D eigenvalue weighted by Gasteiger charge is 2.17. The van der Waals surface area contributed by atoms with Gasteiger partial charge >= 0.3 is 0 Å². The fraction of sp³-hybridized carbons (Fsp3) is 1.00. The van der Waals surface area contributed by atoms with E-state index in [2.05, 4.69) is 30.8 Å².